The normalized spacial score (nSPS) is 13.1. The summed E-state index contributed by atoms with van der Waals surface area (Å²) in [6.45, 7) is 11.3. The summed E-state index contributed by atoms with van der Waals surface area (Å²) in [5.41, 5.74) is -0.405. The minimum atomic E-state index is -0.888. The molecule has 0 aliphatic carbocycles. The van der Waals surface area contributed by atoms with Crippen LogP contribution < -0.4 is 0 Å². The van der Waals surface area contributed by atoms with Crippen LogP contribution in [-0.2, 0) is 4.79 Å². The van der Waals surface area contributed by atoms with Crippen molar-refractivity contribution in [1.82, 2.24) is 14.7 Å². The van der Waals surface area contributed by atoms with Crippen molar-refractivity contribution in [1.29, 1.82) is 0 Å². The van der Waals surface area contributed by atoms with Gasteiger partial charge in [-0.1, -0.05) is 0 Å². The predicted octanol–water partition coefficient (Wildman–Crippen LogP) is 1.95. The molecule has 0 bridgehead atoms. The second-order valence-corrected chi connectivity index (χ2v) is 6.65. The van der Waals surface area contributed by atoms with Gasteiger partial charge in [0.2, 0.25) is 0 Å². The van der Waals surface area contributed by atoms with Gasteiger partial charge in [-0.25, -0.2) is 4.79 Å². The van der Waals surface area contributed by atoms with E-state index in [1.807, 2.05) is 53.6 Å². The Morgan fingerprint density at radius 1 is 1.19 bits per heavy atom. The monoisotopic (exact) mass is 301 g/mol. The predicted molar refractivity (Wildman–Crippen MR) is 84.5 cm³/mol. The van der Waals surface area contributed by atoms with Gasteiger partial charge in [-0.05, 0) is 48.7 Å². The van der Waals surface area contributed by atoms with Crippen molar-refractivity contribution in [3.63, 3.8) is 0 Å². The molecule has 6 heteroatoms. The Hall–Kier alpha value is -1.30. The standard InChI is InChI=1S/C15H31N3O3/c1-8-17(12(2)11-16(6)7)14(21)18(15(3,4)5)10-9-13(19)20/h12H,8-11H2,1-7H3,(H,19,20). The lowest BCUT2D eigenvalue weighted by atomic mass is 10.1. The molecule has 6 nitrogen and oxygen atoms in total. The number of urea groups is 1. The average molecular weight is 301 g/mol. The Kier molecular flexibility index (Phi) is 7.71. The maximum absolute atomic E-state index is 12.8. The molecule has 0 rings (SSSR count). The third kappa shape index (κ3) is 6.80. The molecule has 1 unspecified atom stereocenters. The highest BCUT2D eigenvalue weighted by Crippen LogP contribution is 2.18. The summed E-state index contributed by atoms with van der Waals surface area (Å²) < 4.78 is 0. The summed E-state index contributed by atoms with van der Waals surface area (Å²) in [5.74, 6) is -0.888. The molecule has 2 amide bonds. The van der Waals surface area contributed by atoms with Gasteiger partial charge in [0.25, 0.3) is 0 Å². The van der Waals surface area contributed by atoms with Crippen LogP contribution in [0.5, 0.6) is 0 Å². The molecule has 0 aromatic heterocycles. The van der Waals surface area contributed by atoms with E-state index >= 15 is 0 Å². The van der Waals surface area contributed by atoms with E-state index in [0.717, 1.165) is 6.54 Å². The zero-order chi connectivity index (χ0) is 16.8. The Morgan fingerprint density at radius 3 is 2.05 bits per heavy atom. The van der Waals surface area contributed by atoms with Crippen LogP contribution in [0.3, 0.4) is 0 Å². The lowest BCUT2D eigenvalue weighted by molar-refractivity contribution is -0.137. The van der Waals surface area contributed by atoms with Gasteiger partial charge < -0.3 is 19.8 Å². The third-order valence-electron chi connectivity index (χ3n) is 3.34. The number of carbonyl (C=O) groups excluding carboxylic acids is 1. The van der Waals surface area contributed by atoms with Crippen molar-refractivity contribution in [3.8, 4) is 0 Å². The van der Waals surface area contributed by atoms with Gasteiger partial charge in [0.05, 0.1) is 6.42 Å². The fourth-order valence-corrected chi connectivity index (χ4v) is 2.34. The number of carboxylic acids is 1. The van der Waals surface area contributed by atoms with E-state index in [1.54, 1.807) is 9.80 Å². The lowest BCUT2D eigenvalue weighted by Crippen LogP contribution is -2.55. The maximum Gasteiger partial charge on any atom is 0.320 e. The molecule has 0 saturated heterocycles. The molecule has 0 heterocycles. The zero-order valence-corrected chi connectivity index (χ0v) is 14.5. The SMILES string of the molecule is CCN(C(=O)N(CCC(=O)O)C(C)(C)C)C(C)CN(C)C. The van der Waals surface area contributed by atoms with Crippen LogP contribution in [0.2, 0.25) is 0 Å². The minimum absolute atomic E-state index is 0.0391. The van der Waals surface area contributed by atoms with Gasteiger partial charge in [0.15, 0.2) is 0 Å². The van der Waals surface area contributed by atoms with Crippen molar-refractivity contribution in [3.05, 3.63) is 0 Å². The van der Waals surface area contributed by atoms with E-state index in [4.69, 9.17) is 5.11 Å². The second-order valence-electron chi connectivity index (χ2n) is 6.65. The molecule has 124 valence electrons. The van der Waals surface area contributed by atoms with Crippen LogP contribution in [-0.4, -0.2) is 77.1 Å². The fraction of sp³-hybridized carbons (Fsp3) is 0.867. The molecule has 0 fully saturated rings. The minimum Gasteiger partial charge on any atom is -0.481 e. The molecule has 21 heavy (non-hydrogen) atoms. The first-order valence-electron chi connectivity index (χ1n) is 7.45. The highest BCUT2D eigenvalue weighted by molar-refractivity contribution is 5.76. The van der Waals surface area contributed by atoms with Gasteiger partial charge in [0.1, 0.15) is 0 Å². The molecule has 1 atom stereocenters. The smallest absolute Gasteiger partial charge is 0.320 e. The van der Waals surface area contributed by atoms with Crippen LogP contribution in [0.4, 0.5) is 4.79 Å². The maximum atomic E-state index is 12.8. The molecular weight excluding hydrogens is 270 g/mol. The Balaban J connectivity index is 5.09. The first kappa shape index (κ1) is 19.7. The van der Waals surface area contributed by atoms with E-state index in [9.17, 15) is 9.59 Å². The number of amides is 2. The lowest BCUT2D eigenvalue weighted by Gasteiger charge is -2.41. The Morgan fingerprint density at radius 2 is 1.71 bits per heavy atom. The summed E-state index contributed by atoms with van der Waals surface area (Å²) in [7, 11) is 3.95. The molecule has 0 aromatic rings. The number of rotatable bonds is 7. The van der Waals surface area contributed by atoms with Crippen molar-refractivity contribution < 1.29 is 14.7 Å². The third-order valence-corrected chi connectivity index (χ3v) is 3.34. The largest absolute Gasteiger partial charge is 0.481 e. The van der Waals surface area contributed by atoms with Crippen molar-refractivity contribution >= 4 is 12.0 Å². The molecule has 1 N–H and O–H groups in total. The summed E-state index contributed by atoms with van der Waals surface area (Å²) in [5, 5.41) is 8.88. The summed E-state index contributed by atoms with van der Waals surface area (Å²) in [4.78, 5) is 29.1. The Labute approximate surface area is 128 Å². The number of nitrogens with zero attached hydrogens (tertiary/aromatic N) is 3. The fourth-order valence-electron chi connectivity index (χ4n) is 2.34. The van der Waals surface area contributed by atoms with Crippen LogP contribution in [0, 0.1) is 0 Å². The van der Waals surface area contributed by atoms with Gasteiger partial charge in [-0.2, -0.15) is 0 Å². The second kappa shape index (κ2) is 8.22. The quantitative estimate of drug-likeness (QED) is 0.780. The van der Waals surface area contributed by atoms with Crippen molar-refractivity contribution in [2.45, 2.75) is 52.6 Å². The summed E-state index contributed by atoms with van der Waals surface area (Å²) in [6.07, 6.45) is -0.0391. The van der Waals surface area contributed by atoms with E-state index in [-0.39, 0.29) is 25.0 Å². The first-order chi connectivity index (χ1) is 9.50. The van der Waals surface area contributed by atoms with E-state index in [1.165, 1.54) is 0 Å². The number of likely N-dealkylation sites (N-methyl/N-ethyl adjacent to an activating group) is 2. The molecule has 0 saturated carbocycles. The molecule has 0 spiro atoms. The van der Waals surface area contributed by atoms with Gasteiger partial charge in [0, 0.05) is 31.2 Å². The van der Waals surface area contributed by atoms with E-state index in [2.05, 4.69) is 0 Å². The number of aliphatic carboxylic acids is 1. The number of carboxylic acid groups (broad SMARTS) is 1. The summed E-state index contributed by atoms with van der Waals surface area (Å²) in [6, 6.07) is -0.0206. The molecule has 0 aromatic carbocycles. The zero-order valence-electron chi connectivity index (χ0n) is 14.5. The van der Waals surface area contributed by atoms with Crippen LogP contribution in [0.1, 0.15) is 41.0 Å². The van der Waals surface area contributed by atoms with Gasteiger partial charge in [-0.15, -0.1) is 0 Å². The van der Waals surface area contributed by atoms with Crippen LogP contribution >= 0.6 is 0 Å². The average Bonchev–Trinajstić information content (AvgIpc) is 2.26. The van der Waals surface area contributed by atoms with Gasteiger partial charge in [-0.3, -0.25) is 4.79 Å². The van der Waals surface area contributed by atoms with Crippen molar-refractivity contribution in [2.75, 3.05) is 33.7 Å². The molecule has 0 aliphatic rings. The number of hydrogen-bond acceptors (Lipinski definition) is 3. The highest BCUT2D eigenvalue weighted by Gasteiger charge is 2.31. The molecule has 0 aliphatic heterocycles. The van der Waals surface area contributed by atoms with Crippen LogP contribution in [0.15, 0.2) is 0 Å². The van der Waals surface area contributed by atoms with E-state index in [0.29, 0.717) is 6.54 Å². The summed E-state index contributed by atoms with van der Waals surface area (Å²) >= 11 is 0. The topological polar surface area (TPSA) is 64.1 Å². The number of carbonyl (C=O) groups is 2. The molecule has 0 radical (unpaired) electrons. The van der Waals surface area contributed by atoms with E-state index < -0.39 is 11.5 Å². The van der Waals surface area contributed by atoms with Crippen LogP contribution in [0.25, 0.3) is 0 Å². The Bertz CT molecular complexity index is 351. The highest BCUT2D eigenvalue weighted by atomic mass is 16.4. The number of hydrogen-bond donors (Lipinski definition) is 1. The van der Waals surface area contributed by atoms with Gasteiger partial charge >= 0.3 is 12.0 Å². The first-order valence-corrected chi connectivity index (χ1v) is 7.45. The van der Waals surface area contributed by atoms with Crippen molar-refractivity contribution in [2.24, 2.45) is 0 Å². The molecular formula is C15H31N3O3.